The number of aliphatic hydroxyl groups excluding tert-OH is 2. The molecule has 0 unspecified atom stereocenters. The second-order valence-corrected chi connectivity index (χ2v) is 9.71. The Bertz CT molecular complexity index is 1320. The van der Waals surface area contributed by atoms with Crippen LogP contribution in [0.4, 0.5) is 11.6 Å². The number of halogens is 1. The van der Waals surface area contributed by atoms with Crippen molar-refractivity contribution in [2.45, 2.75) is 43.9 Å². The van der Waals surface area contributed by atoms with Crippen molar-refractivity contribution < 1.29 is 10.2 Å². The zero-order chi connectivity index (χ0) is 22.6. The van der Waals surface area contributed by atoms with Crippen LogP contribution in [0.2, 0.25) is 0 Å². The van der Waals surface area contributed by atoms with E-state index in [9.17, 15) is 10.2 Å². The lowest BCUT2D eigenvalue weighted by Gasteiger charge is -2.31. The number of nitrogen functional groups attached to an aromatic ring is 2. The first-order valence-corrected chi connectivity index (χ1v) is 11.4. The van der Waals surface area contributed by atoms with Gasteiger partial charge in [-0.1, -0.05) is 12.1 Å². The van der Waals surface area contributed by atoms with Gasteiger partial charge in [0.25, 0.3) is 0 Å². The maximum Gasteiger partial charge on any atom is 0.146 e. The molecule has 3 aromatic heterocycles. The van der Waals surface area contributed by atoms with Crippen LogP contribution >= 0.6 is 15.9 Å². The van der Waals surface area contributed by atoms with E-state index in [2.05, 4.69) is 36.9 Å². The number of benzene rings is 1. The maximum atomic E-state index is 11.0. The van der Waals surface area contributed by atoms with Gasteiger partial charge in [0.1, 0.15) is 29.7 Å². The molecule has 4 atom stereocenters. The number of nitrogens with zero attached hydrogens (tertiary/aromatic N) is 4. The van der Waals surface area contributed by atoms with Crippen molar-refractivity contribution in [3.05, 3.63) is 52.9 Å². The Labute approximate surface area is 193 Å². The minimum atomic E-state index is -0.922. The summed E-state index contributed by atoms with van der Waals surface area (Å²) in [6, 6.07) is 9.95. The molecular formula is C23H25BrN6O2. The number of rotatable bonds is 4. The first-order chi connectivity index (χ1) is 15.3. The number of anilines is 2. The summed E-state index contributed by atoms with van der Waals surface area (Å²) in [4.78, 5) is 12.9. The number of hydrogen-bond acceptors (Lipinski definition) is 7. The Morgan fingerprint density at radius 2 is 1.97 bits per heavy atom. The van der Waals surface area contributed by atoms with Crippen LogP contribution in [0.3, 0.4) is 0 Å². The third kappa shape index (κ3) is 3.32. The summed E-state index contributed by atoms with van der Waals surface area (Å²) in [5.41, 5.74) is 13.8. The Hall–Kier alpha value is -2.75. The molecule has 0 spiro atoms. The second kappa shape index (κ2) is 7.68. The van der Waals surface area contributed by atoms with Crippen LogP contribution < -0.4 is 11.5 Å². The summed E-state index contributed by atoms with van der Waals surface area (Å²) in [5, 5.41) is 23.6. The number of aromatic nitrogens is 4. The first-order valence-electron chi connectivity index (χ1n) is 10.6. The van der Waals surface area contributed by atoms with E-state index in [0.29, 0.717) is 23.7 Å². The van der Waals surface area contributed by atoms with E-state index in [4.69, 9.17) is 11.5 Å². The van der Waals surface area contributed by atoms with Crippen LogP contribution in [0.1, 0.15) is 25.3 Å². The SMILES string of the molecule is C[C@@]1(n2ccc3c(N)ncnc32)C[C@H](CCc2ccc3cc(Br)c(N)nc3c2)[C@@H](O)[C@H]1O. The molecule has 6 N–H and O–H groups in total. The van der Waals surface area contributed by atoms with Crippen LogP contribution in [0, 0.1) is 5.92 Å². The lowest BCUT2D eigenvalue weighted by Crippen LogP contribution is -2.42. The summed E-state index contributed by atoms with van der Waals surface area (Å²) < 4.78 is 2.71. The van der Waals surface area contributed by atoms with Gasteiger partial charge < -0.3 is 26.2 Å². The number of pyridine rings is 1. The Kier molecular flexibility index (Phi) is 5.07. The molecule has 1 aliphatic rings. The highest BCUT2D eigenvalue weighted by molar-refractivity contribution is 9.10. The fraction of sp³-hybridized carbons (Fsp3) is 0.348. The third-order valence-corrected chi connectivity index (χ3v) is 7.48. The highest BCUT2D eigenvalue weighted by atomic mass is 79.9. The molecule has 166 valence electrons. The van der Waals surface area contributed by atoms with Crippen LogP contribution in [0.5, 0.6) is 0 Å². The van der Waals surface area contributed by atoms with Crippen LogP contribution in [-0.4, -0.2) is 41.9 Å². The summed E-state index contributed by atoms with van der Waals surface area (Å²) in [7, 11) is 0. The third-order valence-electron chi connectivity index (χ3n) is 6.85. The molecule has 0 bridgehead atoms. The summed E-state index contributed by atoms with van der Waals surface area (Å²) in [6.45, 7) is 1.96. The molecule has 1 fully saturated rings. The van der Waals surface area contributed by atoms with Crippen molar-refractivity contribution in [2.24, 2.45) is 5.92 Å². The zero-order valence-electron chi connectivity index (χ0n) is 17.6. The highest BCUT2D eigenvalue weighted by Gasteiger charge is 2.51. The molecule has 1 aliphatic carbocycles. The standard InChI is InChI=1S/C23H25BrN6O2/c1-23(30-7-6-15-20(25)27-11-28-22(15)30)10-14(18(31)19(23)32)5-3-12-2-4-13-9-16(24)21(26)29-17(13)8-12/h2,4,6-9,11,14,18-19,31-32H,3,5,10H2,1H3,(H2,26,29)(H2,25,27,28)/t14-,18+,19+,23+/m0/s1. The molecule has 0 amide bonds. The fourth-order valence-electron chi connectivity index (χ4n) is 5.00. The van der Waals surface area contributed by atoms with Crippen molar-refractivity contribution in [2.75, 3.05) is 11.5 Å². The number of fused-ring (bicyclic) bond motifs is 2. The lowest BCUT2D eigenvalue weighted by molar-refractivity contribution is -0.0184. The van der Waals surface area contributed by atoms with Gasteiger partial charge in [-0.3, -0.25) is 0 Å². The molecule has 3 heterocycles. The van der Waals surface area contributed by atoms with Gasteiger partial charge in [-0.25, -0.2) is 15.0 Å². The van der Waals surface area contributed by atoms with Gasteiger partial charge in [-0.2, -0.15) is 0 Å². The van der Waals surface area contributed by atoms with Gasteiger partial charge in [0.05, 0.1) is 27.0 Å². The van der Waals surface area contributed by atoms with E-state index in [1.807, 2.05) is 42.0 Å². The van der Waals surface area contributed by atoms with Gasteiger partial charge in [0.15, 0.2) is 0 Å². The van der Waals surface area contributed by atoms with Gasteiger partial charge in [-0.15, -0.1) is 0 Å². The predicted octanol–water partition coefficient (Wildman–Crippen LogP) is 3.00. The zero-order valence-corrected chi connectivity index (χ0v) is 19.2. The van der Waals surface area contributed by atoms with Gasteiger partial charge >= 0.3 is 0 Å². The fourth-order valence-corrected chi connectivity index (χ4v) is 5.34. The summed E-state index contributed by atoms with van der Waals surface area (Å²) >= 11 is 3.41. The summed E-state index contributed by atoms with van der Waals surface area (Å²) in [5.74, 6) is 0.799. The molecule has 1 aromatic carbocycles. The maximum absolute atomic E-state index is 11.0. The molecule has 5 rings (SSSR count). The van der Waals surface area contributed by atoms with E-state index in [0.717, 1.165) is 39.2 Å². The molecular weight excluding hydrogens is 472 g/mol. The largest absolute Gasteiger partial charge is 0.390 e. The van der Waals surface area contributed by atoms with Crippen molar-refractivity contribution >= 4 is 49.5 Å². The number of aryl methyl sites for hydroxylation is 1. The van der Waals surface area contributed by atoms with Crippen molar-refractivity contribution in [3.8, 4) is 0 Å². The van der Waals surface area contributed by atoms with Gasteiger partial charge in [-0.05, 0) is 71.8 Å². The number of nitrogens with two attached hydrogens (primary N) is 2. The van der Waals surface area contributed by atoms with Gasteiger partial charge in [0, 0.05) is 11.6 Å². The van der Waals surface area contributed by atoms with E-state index >= 15 is 0 Å². The minimum Gasteiger partial charge on any atom is -0.390 e. The average Bonchev–Trinajstić information content (AvgIpc) is 3.30. The monoisotopic (exact) mass is 496 g/mol. The smallest absolute Gasteiger partial charge is 0.146 e. The molecule has 0 radical (unpaired) electrons. The average molecular weight is 497 g/mol. The molecule has 4 aromatic rings. The molecule has 8 nitrogen and oxygen atoms in total. The predicted molar refractivity (Wildman–Crippen MR) is 128 cm³/mol. The topological polar surface area (TPSA) is 136 Å². The van der Waals surface area contributed by atoms with Crippen molar-refractivity contribution in [1.82, 2.24) is 19.5 Å². The normalized spacial score (nSPS) is 25.7. The number of hydrogen-bond donors (Lipinski definition) is 4. The Morgan fingerprint density at radius 1 is 1.16 bits per heavy atom. The highest BCUT2D eigenvalue weighted by Crippen LogP contribution is 2.44. The van der Waals surface area contributed by atoms with E-state index in [1.165, 1.54) is 6.33 Å². The van der Waals surface area contributed by atoms with Crippen molar-refractivity contribution in [3.63, 3.8) is 0 Å². The minimum absolute atomic E-state index is 0.0646. The first kappa shape index (κ1) is 21.1. The van der Waals surface area contributed by atoms with E-state index in [1.54, 1.807) is 0 Å². The van der Waals surface area contributed by atoms with Crippen LogP contribution in [0.15, 0.2) is 47.3 Å². The van der Waals surface area contributed by atoms with E-state index < -0.39 is 17.7 Å². The van der Waals surface area contributed by atoms with Crippen molar-refractivity contribution in [1.29, 1.82) is 0 Å². The molecule has 1 saturated carbocycles. The Balaban J connectivity index is 1.38. The number of aliphatic hydroxyl groups is 2. The molecule has 9 heteroatoms. The molecule has 32 heavy (non-hydrogen) atoms. The van der Waals surface area contributed by atoms with Gasteiger partial charge in [0.2, 0.25) is 0 Å². The molecule has 0 aliphatic heterocycles. The van der Waals surface area contributed by atoms with E-state index in [-0.39, 0.29) is 5.92 Å². The summed E-state index contributed by atoms with van der Waals surface area (Å²) in [6.07, 6.45) is 3.66. The van der Waals surface area contributed by atoms with Crippen LogP contribution in [0.25, 0.3) is 21.9 Å². The lowest BCUT2D eigenvalue weighted by atomic mass is 9.93. The second-order valence-electron chi connectivity index (χ2n) is 8.86. The van der Waals surface area contributed by atoms with Crippen LogP contribution in [-0.2, 0) is 12.0 Å². The Morgan fingerprint density at radius 3 is 2.78 bits per heavy atom. The quantitative estimate of drug-likeness (QED) is 0.340. The molecule has 0 saturated heterocycles.